The van der Waals surface area contributed by atoms with Crippen LogP contribution in [-0.2, 0) is 4.79 Å². The Bertz CT molecular complexity index is 884. The summed E-state index contributed by atoms with van der Waals surface area (Å²) in [5, 5.41) is 18.0. The van der Waals surface area contributed by atoms with Crippen molar-refractivity contribution in [2.24, 2.45) is 17.8 Å². The molecule has 1 saturated heterocycles. The van der Waals surface area contributed by atoms with Crippen LogP contribution in [0.15, 0.2) is 18.3 Å². The molecule has 2 aromatic rings. The normalized spacial score (nSPS) is 25.2. The van der Waals surface area contributed by atoms with Gasteiger partial charge in [-0.05, 0) is 36.8 Å². The lowest BCUT2D eigenvalue weighted by Gasteiger charge is -2.42. The van der Waals surface area contributed by atoms with Gasteiger partial charge in [0.15, 0.2) is 0 Å². The first-order chi connectivity index (χ1) is 13.3. The number of hydrogen-bond donors (Lipinski definition) is 2. The van der Waals surface area contributed by atoms with Gasteiger partial charge < -0.3 is 10.0 Å². The summed E-state index contributed by atoms with van der Waals surface area (Å²) in [6, 6.07) is 2.98. The predicted molar refractivity (Wildman–Crippen MR) is 103 cm³/mol. The lowest BCUT2D eigenvalue weighted by Crippen LogP contribution is -2.51. The highest BCUT2D eigenvalue weighted by Gasteiger charge is 2.58. The van der Waals surface area contributed by atoms with Crippen LogP contribution in [0.1, 0.15) is 31.4 Å². The Labute approximate surface area is 167 Å². The molecule has 1 aliphatic carbocycles. The Morgan fingerprint density at radius 2 is 1.96 bits per heavy atom. The first-order valence-electron chi connectivity index (χ1n) is 9.06. The van der Waals surface area contributed by atoms with Crippen LogP contribution in [0.3, 0.4) is 0 Å². The van der Waals surface area contributed by atoms with Crippen LogP contribution in [0.4, 0.5) is 8.78 Å². The molecule has 1 aromatic heterocycles. The maximum absolute atomic E-state index is 15.4. The first-order valence-corrected chi connectivity index (χ1v) is 9.44. The van der Waals surface area contributed by atoms with Crippen LogP contribution >= 0.6 is 11.6 Å². The van der Waals surface area contributed by atoms with Crippen LogP contribution in [-0.4, -0.2) is 45.1 Å². The molecule has 4 atom stereocenters. The molecule has 1 aliphatic heterocycles. The van der Waals surface area contributed by atoms with Gasteiger partial charge in [-0.25, -0.2) is 8.78 Å². The fourth-order valence-electron chi connectivity index (χ4n) is 4.76. The summed E-state index contributed by atoms with van der Waals surface area (Å²) in [5.74, 6) is -4.97. The van der Waals surface area contributed by atoms with Gasteiger partial charge in [0.2, 0.25) is 5.91 Å². The van der Waals surface area contributed by atoms with Crippen molar-refractivity contribution in [1.29, 1.82) is 0 Å². The molecule has 2 heterocycles. The van der Waals surface area contributed by atoms with E-state index in [9.17, 15) is 9.90 Å². The molecule has 8 heteroatoms. The maximum atomic E-state index is 15.4. The molecule has 2 aliphatic rings. The quantitative estimate of drug-likeness (QED) is 0.760. The molecule has 4 rings (SSSR count). The van der Waals surface area contributed by atoms with E-state index in [1.165, 1.54) is 19.2 Å². The Hall–Kier alpha value is -2.17. The summed E-state index contributed by atoms with van der Waals surface area (Å²) in [6.45, 7) is 2.12. The topological polar surface area (TPSA) is 69.2 Å². The lowest BCUT2D eigenvalue weighted by atomic mass is 9.77. The predicted octanol–water partition coefficient (Wildman–Crippen LogP) is 3.64. The SMILES string of the molecule is C#C.CC(=O)N1C[C@H]2CC[C@@H](C1)C2C(F)(F)C(O)c1cc(Cl)cc2cn[nH]c12. The van der Waals surface area contributed by atoms with Gasteiger partial charge in [-0.2, -0.15) is 5.10 Å². The number of aliphatic hydroxyl groups is 1. The molecule has 150 valence electrons. The Kier molecular flexibility index (Phi) is 5.64. The maximum Gasteiger partial charge on any atom is 0.281 e. The zero-order chi connectivity index (χ0) is 20.6. The number of halogens is 3. The van der Waals surface area contributed by atoms with Crippen molar-refractivity contribution in [1.82, 2.24) is 15.1 Å². The van der Waals surface area contributed by atoms with Crippen LogP contribution < -0.4 is 0 Å². The van der Waals surface area contributed by atoms with E-state index in [-0.39, 0.29) is 28.3 Å². The fourth-order valence-corrected chi connectivity index (χ4v) is 5.00. The number of nitrogens with zero attached hydrogens (tertiary/aromatic N) is 2. The van der Waals surface area contributed by atoms with Crippen LogP contribution in [0, 0.1) is 30.6 Å². The number of carbonyl (C=O) groups excluding carboxylic acids is 1. The molecule has 1 saturated carbocycles. The molecule has 1 amide bonds. The summed E-state index contributed by atoms with van der Waals surface area (Å²) in [6.07, 6.45) is 8.80. The van der Waals surface area contributed by atoms with Crippen LogP contribution in [0.25, 0.3) is 10.9 Å². The van der Waals surface area contributed by atoms with E-state index in [2.05, 4.69) is 23.0 Å². The van der Waals surface area contributed by atoms with Gasteiger partial charge in [0.1, 0.15) is 6.10 Å². The molecule has 0 spiro atoms. The molecule has 1 aromatic carbocycles. The van der Waals surface area contributed by atoms with Crippen molar-refractivity contribution >= 4 is 28.4 Å². The Morgan fingerprint density at radius 1 is 1.36 bits per heavy atom. The Morgan fingerprint density at radius 3 is 2.54 bits per heavy atom. The largest absolute Gasteiger partial charge is 0.382 e. The smallest absolute Gasteiger partial charge is 0.281 e. The number of alkyl halides is 2. The van der Waals surface area contributed by atoms with E-state index >= 15 is 8.78 Å². The van der Waals surface area contributed by atoms with E-state index in [1.54, 1.807) is 11.0 Å². The summed E-state index contributed by atoms with van der Waals surface area (Å²) >= 11 is 6.04. The van der Waals surface area contributed by atoms with Crippen LogP contribution in [0.5, 0.6) is 0 Å². The van der Waals surface area contributed by atoms with E-state index in [1.807, 2.05) is 0 Å². The van der Waals surface area contributed by atoms with Crippen molar-refractivity contribution in [3.63, 3.8) is 0 Å². The van der Waals surface area contributed by atoms with Crippen molar-refractivity contribution in [3.05, 3.63) is 28.9 Å². The number of aromatic amines is 1. The van der Waals surface area contributed by atoms with E-state index < -0.39 is 17.9 Å². The minimum atomic E-state index is -3.32. The number of terminal acetylenes is 1. The molecule has 5 nitrogen and oxygen atoms in total. The third-order valence-electron chi connectivity index (χ3n) is 5.93. The second kappa shape index (κ2) is 7.69. The summed E-state index contributed by atoms with van der Waals surface area (Å²) in [5.41, 5.74) is 0.429. The van der Waals surface area contributed by atoms with Crippen molar-refractivity contribution in [2.45, 2.75) is 31.8 Å². The molecule has 2 N–H and O–H groups in total. The molecular formula is C20H22ClF2N3O2. The Balaban J connectivity index is 0.00000109. The minimum absolute atomic E-state index is 0.0587. The van der Waals surface area contributed by atoms with Gasteiger partial charge in [0.05, 0.1) is 11.7 Å². The van der Waals surface area contributed by atoms with Gasteiger partial charge in [-0.15, -0.1) is 12.8 Å². The molecule has 2 bridgehead atoms. The van der Waals surface area contributed by atoms with Gasteiger partial charge in [0, 0.05) is 41.9 Å². The number of benzene rings is 1. The molecule has 2 fully saturated rings. The highest BCUT2D eigenvalue weighted by atomic mass is 35.5. The average molecular weight is 410 g/mol. The lowest BCUT2D eigenvalue weighted by molar-refractivity contribution is -0.182. The van der Waals surface area contributed by atoms with E-state index in [0.29, 0.717) is 36.8 Å². The van der Waals surface area contributed by atoms with Gasteiger partial charge in [-0.1, -0.05) is 11.6 Å². The number of fused-ring (bicyclic) bond motifs is 3. The second-order valence-electron chi connectivity index (χ2n) is 7.45. The van der Waals surface area contributed by atoms with Crippen molar-refractivity contribution < 1.29 is 18.7 Å². The van der Waals surface area contributed by atoms with Crippen LogP contribution in [0.2, 0.25) is 5.02 Å². The van der Waals surface area contributed by atoms with Gasteiger partial charge in [0.25, 0.3) is 5.92 Å². The number of piperidine rings is 1. The van der Waals surface area contributed by atoms with Crippen molar-refractivity contribution in [2.75, 3.05) is 13.1 Å². The number of likely N-dealkylation sites (tertiary alicyclic amines) is 1. The van der Waals surface area contributed by atoms with E-state index in [0.717, 1.165) is 0 Å². The first kappa shape index (κ1) is 20.6. The number of H-pyrrole nitrogens is 1. The zero-order valence-corrected chi connectivity index (χ0v) is 16.2. The summed E-state index contributed by atoms with van der Waals surface area (Å²) in [7, 11) is 0. The molecular weight excluding hydrogens is 388 g/mol. The third-order valence-corrected chi connectivity index (χ3v) is 6.15. The van der Waals surface area contributed by atoms with Crippen molar-refractivity contribution in [3.8, 4) is 12.8 Å². The monoisotopic (exact) mass is 409 g/mol. The number of carbonyl (C=O) groups is 1. The highest BCUT2D eigenvalue weighted by Crippen LogP contribution is 2.53. The summed E-state index contributed by atoms with van der Waals surface area (Å²) in [4.78, 5) is 13.3. The number of rotatable bonds is 3. The second-order valence-corrected chi connectivity index (χ2v) is 7.89. The number of hydrogen-bond acceptors (Lipinski definition) is 3. The number of aromatic nitrogens is 2. The number of nitrogens with one attached hydrogen (secondary N) is 1. The summed E-state index contributed by atoms with van der Waals surface area (Å²) < 4.78 is 30.8. The van der Waals surface area contributed by atoms with E-state index in [4.69, 9.17) is 11.6 Å². The minimum Gasteiger partial charge on any atom is -0.382 e. The molecule has 28 heavy (non-hydrogen) atoms. The zero-order valence-electron chi connectivity index (χ0n) is 15.4. The molecule has 2 unspecified atom stereocenters. The number of aliphatic hydroxyl groups excluding tert-OH is 1. The number of amides is 1. The fraction of sp³-hybridized carbons (Fsp3) is 0.500. The van der Waals surface area contributed by atoms with Gasteiger partial charge in [-0.3, -0.25) is 9.89 Å². The molecule has 0 radical (unpaired) electrons. The highest BCUT2D eigenvalue weighted by molar-refractivity contribution is 6.31. The third kappa shape index (κ3) is 3.36. The van der Waals surface area contributed by atoms with Gasteiger partial charge >= 0.3 is 0 Å². The standard InChI is InChI=1S/C18H20ClF2N3O2.C2H2/c1-9(25)24-7-10-2-3-11(8-24)15(10)18(20,21)17(26)14-5-13(19)4-12-6-22-23-16(12)14;1-2/h4-6,10-11,15,17,26H,2-3,7-8H2,1H3,(H,22,23);1-2H/t10-,11+,15?,17?;. The average Bonchev–Trinajstić information content (AvgIpc) is 3.24.